The summed E-state index contributed by atoms with van der Waals surface area (Å²) in [5, 5.41) is 0.192. The highest BCUT2D eigenvalue weighted by Crippen LogP contribution is 2.20. The lowest BCUT2D eigenvalue weighted by molar-refractivity contribution is -0.0801. The number of alkyl halides is 3. The van der Waals surface area contributed by atoms with Gasteiger partial charge in [-0.15, -0.1) is 9.24 Å². The maximum absolute atomic E-state index is 11.2. The molecule has 0 saturated carbocycles. The predicted molar refractivity (Wildman–Crippen MR) is 29.5 cm³/mol. The van der Waals surface area contributed by atoms with Gasteiger partial charge in [0, 0.05) is 6.08 Å². The van der Waals surface area contributed by atoms with Crippen LogP contribution in [0.15, 0.2) is 11.4 Å². The highest BCUT2D eigenvalue weighted by atomic mass is 31.0. The third-order valence-corrected chi connectivity index (χ3v) is 0.558. The van der Waals surface area contributed by atoms with Crippen LogP contribution < -0.4 is 0 Å². The molecule has 0 heterocycles. The van der Waals surface area contributed by atoms with Gasteiger partial charge in [-0.2, -0.15) is 13.2 Å². The Bertz CT molecular complexity index is 98.3. The highest BCUT2D eigenvalue weighted by molar-refractivity contribution is 7.22. The van der Waals surface area contributed by atoms with E-state index in [4.69, 9.17) is 0 Å². The van der Waals surface area contributed by atoms with Crippen molar-refractivity contribution in [3.05, 3.63) is 11.4 Å². The average Bonchev–Trinajstić information content (AvgIpc) is 1.21. The zero-order valence-corrected chi connectivity index (χ0v) is 5.44. The van der Waals surface area contributed by atoms with Crippen molar-refractivity contribution in [3.63, 3.8) is 0 Å². The van der Waals surface area contributed by atoms with Crippen LogP contribution in [0, 0.1) is 0 Å². The summed E-state index contributed by atoms with van der Waals surface area (Å²) >= 11 is 0. The topological polar surface area (TPSA) is 0 Å². The fourth-order valence-corrected chi connectivity index (χ4v) is 0.447. The molecule has 0 N–H and O–H groups in total. The molecule has 8 heavy (non-hydrogen) atoms. The largest absolute Gasteiger partial charge is 0.410 e. The van der Waals surface area contributed by atoms with Gasteiger partial charge in [0.15, 0.2) is 0 Å². The molecule has 48 valence electrons. The smallest absolute Gasteiger partial charge is 0.167 e. The van der Waals surface area contributed by atoms with Gasteiger partial charge in [-0.3, -0.25) is 0 Å². The molecule has 1 unspecified atom stereocenters. The first-order chi connectivity index (χ1) is 3.42. The van der Waals surface area contributed by atoms with Gasteiger partial charge >= 0.3 is 6.18 Å². The molecule has 0 radical (unpaired) electrons. The van der Waals surface area contributed by atoms with Gasteiger partial charge in [0.05, 0.1) is 0 Å². The first-order valence-corrected chi connectivity index (χ1v) is 2.51. The van der Waals surface area contributed by atoms with Gasteiger partial charge in [-0.25, -0.2) is 0 Å². The van der Waals surface area contributed by atoms with Gasteiger partial charge < -0.3 is 0 Å². The van der Waals surface area contributed by atoms with Crippen molar-refractivity contribution in [3.8, 4) is 0 Å². The maximum atomic E-state index is 11.2. The van der Waals surface area contributed by atoms with E-state index in [9.17, 15) is 13.2 Å². The summed E-state index contributed by atoms with van der Waals surface area (Å²) in [7, 11) is 1.96. The average molecular weight is 142 g/mol. The Morgan fingerprint density at radius 3 is 1.88 bits per heavy atom. The predicted octanol–water partition coefficient (Wildman–Crippen LogP) is 2.33. The maximum Gasteiger partial charge on any atom is 0.410 e. The number of halogens is 3. The third kappa shape index (κ3) is 5.96. The van der Waals surface area contributed by atoms with E-state index in [1.807, 2.05) is 9.24 Å². The Labute approximate surface area is 48.0 Å². The Morgan fingerprint density at radius 1 is 1.50 bits per heavy atom. The molecule has 0 amide bonds. The first kappa shape index (κ1) is 7.96. The van der Waals surface area contributed by atoms with Crippen molar-refractivity contribution in [2.45, 2.75) is 13.1 Å². The van der Waals surface area contributed by atoms with Crippen molar-refractivity contribution in [1.29, 1.82) is 0 Å². The minimum absolute atomic E-state index is 0.192. The van der Waals surface area contributed by atoms with Gasteiger partial charge in [0.1, 0.15) is 0 Å². The molecule has 0 rings (SSSR count). The number of allylic oxidation sites excluding steroid dienone is 2. The zero-order valence-electron chi connectivity index (χ0n) is 4.29. The van der Waals surface area contributed by atoms with Crippen molar-refractivity contribution in [2.75, 3.05) is 0 Å². The fraction of sp³-hybridized carbons (Fsp3) is 0.500. The van der Waals surface area contributed by atoms with Crippen molar-refractivity contribution in [1.82, 2.24) is 0 Å². The molecule has 1 atom stereocenters. The second kappa shape index (κ2) is 2.49. The second-order valence-corrected chi connectivity index (χ2v) is 2.34. The number of rotatable bonds is 0. The van der Waals surface area contributed by atoms with E-state index in [0.29, 0.717) is 0 Å². The molecule has 0 saturated heterocycles. The summed E-state index contributed by atoms with van der Waals surface area (Å²) < 4.78 is 33.6. The molecular weight excluding hydrogens is 136 g/mol. The van der Waals surface area contributed by atoms with Gasteiger partial charge in [-0.05, 0) is 6.92 Å². The third-order valence-electron chi connectivity index (χ3n) is 0.391. The summed E-state index contributed by atoms with van der Waals surface area (Å²) in [6.07, 6.45) is -3.93. The van der Waals surface area contributed by atoms with E-state index < -0.39 is 6.18 Å². The Morgan fingerprint density at radius 2 is 1.88 bits per heavy atom. The van der Waals surface area contributed by atoms with Gasteiger partial charge in [-0.1, -0.05) is 5.31 Å². The van der Waals surface area contributed by atoms with Crippen LogP contribution in [0.2, 0.25) is 0 Å². The number of hydrogen-bond acceptors (Lipinski definition) is 0. The van der Waals surface area contributed by atoms with E-state index in [0.717, 1.165) is 0 Å². The molecule has 0 bridgehead atoms. The first-order valence-electron chi connectivity index (χ1n) is 1.93. The van der Waals surface area contributed by atoms with Gasteiger partial charge in [0.25, 0.3) is 0 Å². The monoisotopic (exact) mass is 142 g/mol. The van der Waals surface area contributed by atoms with Crippen LogP contribution >= 0.6 is 9.24 Å². The minimum Gasteiger partial charge on any atom is -0.167 e. The molecule has 0 aliphatic rings. The summed E-state index contributed by atoms with van der Waals surface area (Å²) in [4.78, 5) is 0. The van der Waals surface area contributed by atoms with E-state index in [2.05, 4.69) is 0 Å². The van der Waals surface area contributed by atoms with Crippen LogP contribution in [-0.4, -0.2) is 6.18 Å². The van der Waals surface area contributed by atoms with Crippen LogP contribution in [-0.2, 0) is 0 Å². The Kier molecular flexibility index (Phi) is 2.48. The second-order valence-electron chi connectivity index (χ2n) is 1.43. The van der Waals surface area contributed by atoms with Crippen LogP contribution in [0.5, 0.6) is 0 Å². The van der Waals surface area contributed by atoms with Crippen LogP contribution in [0.1, 0.15) is 6.92 Å². The fourth-order valence-electron chi connectivity index (χ4n) is 0.258. The molecule has 0 nitrogen and oxygen atoms in total. The number of hydrogen-bond donors (Lipinski definition) is 0. The van der Waals surface area contributed by atoms with Crippen molar-refractivity contribution >= 4 is 9.24 Å². The summed E-state index contributed by atoms with van der Waals surface area (Å²) in [6.45, 7) is 1.37. The molecular formula is C4H6F3P. The molecule has 0 aromatic rings. The lowest BCUT2D eigenvalue weighted by atomic mass is 10.5. The summed E-state index contributed by atoms with van der Waals surface area (Å²) in [6, 6.07) is 0. The van der Waals surface area contributed by atoms with Crippen LogP contribution in [0.4, 0.5) is 13.2 Å². The van der Waals surface area contributed by atoms with Crippen molar-refractivity contribution < 1.29 is 13.2 Å². The van der Waals surface area contributed by atoms with Crippen molar-refractivity contribution in [2.24, 2.45) is 0 Å². The van der Waals surface area contributed by atoms with E-state index in [1.54, 1.807) is 0 Å². The standard InChI is InChI=1S/C4H6F3P/c1-3(8)2-4(5,6)7/h2H,8H2,1H3/b3-2+. The van der Waals surface area contributed by atoms with Crippen LogP contribution in [0.25, 0.3) is 0 Å². The molecule has 4 heteroatoms. The minimum atomic E-state index is -4.16. The van der Waals surface area contributed by atoms with Crippen LogP contribution in [0.3, 0.4) is 0 Å². The van der Waals surface area contributed by atoms with E-state index in [1.165, 1.54) is 6.92 Å². The SMILES string of the molecule is C/C(P)=C\C(F)(F)F. The lowest BCUT2D eigenvalue weighted by Crippen LogP contribution is -2.00. The van der Waals surface area contributed by atoms with Gasteiger partial charge in [0.2, 0.25) is 0 Å². The molecule has 0 spiro atoms. The van der Waals surface area contributed by atoms with E-state index >= 15 is 0 Å². The summed E-state index contributed by atoms with van der Waals surface area (Å²) in [5.41, 5.74) is 0. The van der Waals surface area contributed by atoms with E-state index in [-0.39, 0.29) is 11.4 Å². The molecule has 0 aliphatic heterocycles. The molecule has 0 aromatic heterocycles. The quantitative estimate of drug-likeness (QED) is 0.455. The zero-order chi connectivity index (χ0) is 6.78. The Balaban J connectivity index is 3.89. The normalized spacial score (nSPS) is 14.4. The molecule has 0 fully saturated rings. The Hall–Kier alpha value is -0.0400. The molecule has 0 aromatic carbocycles. The highest BCUT2D eigenvalue weighted by Gasteiger charge is 2.22. The summed E-state index contributed by atoms with van der Waals surface area (Å²) in [5.74, 6) is 0. The molecule has 0 aliphatic carbocycles. The lowest BCUT2D eigenvalue weighted by Gasteiger charge is -1.97.